The van der Waals surface area contributed by atoms with Gasteiger partial charge in [0.2, 0.25) is 0 Å². The Morgan fingerprint density at radius 3 is 2.41 bits per heavy atom. The molecule has 3 aromatic rings. The van der Waals surface area contributed by atoms with Crippen molar-refractivity contribution in [1.82, 2.24) is 9.61 Å². The van der Waals surface area contributed by atoms with E-state index in [2.05, 4.69) is 47.5 Å². The molecule has 6 nitrogen and oxygen atoms in total. The monoisotopic (exact) mass is 463 g/mol. The van der Waals surface area contributed by atoms with E-state index in [1.807, 2.05) is 6.07 Å². The summed E-state index contributed by atoms with van der Waals surface area (Å²) in [5, 5.41) is 5.17. The molecule has 0 bridgehead atoms. The predicted molar refractivity (Wildman–Crippen MR) is 136 cm³/mol. The molecular formula is C28H37N3O3. The van der Waals surface area contributed by atoms with E-state index >= 15 is 0 Å². The minimum absolute atomic E-state index is 0.680. The quantitative estimate of drug-likeness (QED) is 0.417. The highest BCUT2D eigenvalue weighted by molar-refractivity contribution is 5.81. The largest absolute Gasteiger partial charge is 0.497 e. The topological polar surface area (TPSA) is 48.2 Å². The van der Waals surface area contributed by atoms with E-state index in [4.69, 9.17) is 19.3 Å². The fourth-order valence-electron chi connectivity index (χ4n) is 5.32. The first-order chi connectivity index (χ1) is 16.6. The fourth-order valence-corrected chi connectivity index (χ4v) is 5.32. The van der Waals surface area contributed by atoms with Gasteiger partial charge >= 0.3 is 0 Å². The molecule has 1 saturated carbocycles. The lowest BCUT2D eigenvalue weighted by Crippen LogP contribution is -2.34. The molecular weight excluding hydrogens is 426 g/mol. The summed E-state index contributed by atoms with van der Waals surface area (Å²) in [5.74, 6) is 3.09. The zero-order chi connectivity index (χ0) is 23.7. The third kappa shape index (κ3) is 4.48. The number of ether oxygens (including phenoxy) is 3. The van der Waals surface area contributed by atoms with Crippen LogP contribution in [0.25, 0.3) is 16.8 Å². The number of methoxy groups -OCH3 is 2. The first kappa shape index (κ1) is 23.0. The molecule has 0 atom stereocenters. The Bertz CT molecular complexity index is 1150. The molecule has 1 saturated heterocycles. The molecule has 1 aliphatic carbocycles. The van der Waals surface area contributed by atoms with E-state index in [1.165, 1.54) is 29.7 Å². The molecule has 2 aliphatic rings. The van der Waals surface area contributed by atoms with E-state index in [-0.39, 0.29) is 0 Å². The van der Waals surface area contributed by atoms with Crippen molar-refractivity contribution in [2.24, 2.45) is 11.8 Å². The Morgan fingerprint density at radius 1 is 1.03 bits per heavy atom. The van der Waals surface area contributed by atoms with Crippen molar-refractivity contribution in [2.45, 2.75) is 46.0 Å². The molecule has 34 heavy (non-hydrogen) atoms. The average Bonchev–Trinajstić information content (AvgIpc) is 3.60. The van der Waals surface area contributed by atoms with Crippen molar-refractivity contribution >= 4 is 11.2 Å². The maximum atomic E-state index is 5.80. The number of fused-ring (bicyclic) bond motifs is 1. The zero-order valence-corrected chi connectivity index (χ0v) is 21.0. The van der Waals surface area contributed by atoms with Gasteiger partial charge in [0, 0.05) is 37.9 Å². The second kappa shape index (κ2) is 9.87. The lowest BCUT2D eigenvalue weighted by Gasteiger charge is -2.31. The van der Waals surface area contributed by atoms with Gasteiger partial charge in [0.1, 0.15) is 11.5 Å². The third-order valence-corrected chi connectivity index (χ3v) is 7.33. The lowest BCUT2D eigenvalue weighted by molar-refractivity contribution is 0.0682. The van der Waals surface area contributed by atoms with Gasteiger partial charge in [-0.15, -0.1) is 0 Å². The molecule has 0 N–H and O–H groups in total. The number of hydrogen-bond acceptors (Lipinski definition) is 5. The maximum absolute atomic E-state index is 5.80. The standard InChI is InChI=1S/C28H37N3O3/c1-5-23-28(30(17-20-9-10-20)18-21-11-13-34-14-12-21)25-8-6-7-24(31(25)29-23)27-19(2)15-22(32-3)16-26(27)33-4/h6-8,15-16,20-21H,5,9-14,17-18H2,1-4H3. The second-order valence-electron chi connectivity index (χ2n) is 9.78. The summed E-state index contributed by atoms with van der Waals surface area (Å²) in [6, 6.07) is 10.5. The van der Waals surface area contributed by atoms with Crippen LogP contribution >= 0.6 is 0 Å². The summed E-state index contributed by atoms with van der Waals surface area (Å²) in [6.07, 6.45) is 5.89. The van der Waals surface area contributed by atoms with E-state index in [0.717, 1.165) is 79.8 Å². The highest BCUT2D eigenvalue weighted by Crippen LogP contribution is 2.40. The zero-order valence-electron chi connectivity index (χ0n) is 21.0. The number of anilines is 1. The number of aromatic nitrogens is 2. The molecule has 0 radical (unpaired) electrons. The molecule has 1 aliphatic heterocycles. The molecule has 3 heterocycles. The van der Waals surface area contributed by atoms with E-state index in [9.17, 15) is 0 Å². The van der Waals surface area contributed by atoms with Gasteiger partial charge < -0.3 is 19.1 Å². The molecule has 1 aromatic carbocycles. The van der Waals surface area contributed by atoms with Crippen LogP contribution in [-0.4, -0.2) is 50.1 Å². The van der Waals surface area contributed by atoms with Crippen LogP contribution in [0.3, 0.4) is 0 Å². The maximum Gasteiger partial charge on any atom is 0.132 e. The SMILES string of the molecule is CCc1nn2c(-c3c(C)cc(OC)cc3OC)cccc2c1N(CC1CCOCC1)CC1CC1. The second-order valence-corrected chi connectivity index (χ2v) is 9.78. The summed E-state index contributed by atoms with van der Waals surface area (Å²) < 4.78 is 19.1. The van der Waals surface area contributed by atoms with Gasteiger partial charge in [-0.25, -0.2) is 4.52 Å². The van der Waals surface area contributed by atoms with Crippen molar-refractivity contribution < 1.29 is 14.2 Å². The number of nitrogens with zero attached hydrogens (tertiary/aromatic N) is 3. The number of rotatable bonds is 9. The van der Waals surface area contributed by atoms with Crippen LogP contribution in [0.4, 0.5) is 5.69 Å². The summed E-state index contributed by atoms with van der Waals surface area (Å²) in [7, 11) is 3.41. The van der Waals surface area contributed by atoms with Crippen LogP contribution in [0.5, 0.6) is 11.5 Å². The van der Waals surface area contributed by atoms with E-state index in [1.54, 1.807) is 14.2 Å². The predicted octanol–water partition coefficient (Wildman–Crippen LogP) is 5.53. The number of benzene rings is 1. The molecule has 5 rings (SSSR count). The van der Waals surface area contributed by atoms with Crippen LogP contribution in [0, 0.1) is 18.8 Å². The van der Waals surface area contributed by atoms with Crippen molar-refractivity contribution in [1.29, 1.82) is 0 Å². The Hall–Kier alpha value is -2.73. The molecule has 2 fully saturated rings. The Balaban J connectivity index is 1.62. The summed E-state index contributed by atoms with van der Waals surface area (Å²) in [5.41, 5.74) is 6.88. The smallest absolute Gasteiger partial charge is 0.132 e. The van der Waals surface area contributed by atoms with Gasteiger partial charge in [-0.3, -0.25) is 0 Å². The highest BCUT2D eigenvalue weighted by Gasteiger charge is 2.30. The highest BCUT2D eigenvalue weighted by atomic mass is 16.5. The molecule has 2 aromatic heterocycles. The van der Waals surface area contributed by atoms with Gasteiger partial charge in [-0.05, 0) is 74.6 Å². The van der Waals surface area contributed by atoms with E-state index in [0.29, 0.717) is 5.92 Å². The van der Waals surface area contributed by atoms with Crippen LogP contribution in [0.1, 0.15) is 43.9 Å². The first-order valence-corrected chi connectivity index (χ1v) is 12.7. The molecule has 6 heteroatoms. The number of aryl methyl sites for hydroxylation is 2. The minimum Gasteiger partial charge on any atom is -0.497 e. The molecule has 0 amide bonds. The molecule has 0 unspecified atom stereocenters. The Kier molecular flexibility index (Phi) is 6.68. The first-order valence-electron chi connectivity index (χ1n) is 12.7. The van der Waals surface area contributed by atoms with Crippen LogP contribution < -0.4 is 14.4 Å². The number of hydrogen-bond donors (Lipinski definition) is 0. The van der Waals surface area contributed by atoms with Gasteiger partial charge in [-0.2, -0.15) is 5.10 Å². The summed E-state index contributed by atoms with van der Waals surface area (Å²) in [6.45, 7) is 8.31. The average molecular weight is 464 g/mol. The normalized spacial score (nSPS) is 16.7. The number of pyridine rings is 1. The van der Waals surface area contributed by atoms with Gasteiger partial charge in [-0.1, -0.05) is 13.0 Å². The fraction of sp³-hybridized carbons (Fsp3) is 0.536. The van der Waals surface area contributed by atoms with Crippen molar-refractivity contribution in [3.8, 4) is 22.8 Å². The lowest BCUT2D eigenvalue weighted by atomic mass is 9.99. The van der Waals surface area contributed by atoms with Crippen molar-refractivity contribution in [3.63, 3.8) is 0 Å². The van der Waals surface area contributed by atoms with Crippen LogP contribution in [0.15, 0.2) is 30.3 Å². The van der Waals surface area contributed by atoms with E-state index < -0.39 is 0 Å². The van der Waals surface area contributed by atoms with Crippen molar-refractivity contribution in [3.05, 3.63) is 41.6 Å². The third-order valence-electron chi connectivity index (χ3n) is 7.33. The summed E-state index contributed by atoms with van der Waals surface area (Å²) >= 11 is 0. The van der Waals surface area contributed by atoms with Crippen LogP contribution in [0.2, 0.25) is 0 Å². The van der Waals surface area contributed by atoms with Crippen LogP contribution in [-0.2, 0) is 11.2 Å². The van der Waals surface area contributed by atoms with Gasteiger partial charge in [0.05, 0.1) is 36.8 Å². The molecule has 182 valence electrons. The van der Waals surface area contributed by atoms with Gasteiger partial charge in [0.15, 0.2) is 0 Å². The van der Waals surface area contributed by atoms with Gasteiger partial charge in [0.25, 0.3) is 0 Å². The Morgan fingerprint density at radius 2 is 1.76 bits per heavy atom. The summed E-state index contributed by atoms with van der Waals surface area (Å²) in [4.78, 5) is 2.65. The molecule has 0 spiro atoms. The van der Waals surface area contributed by atoms with Crippen molar-refractivity contribution in [2.75, 3.05) is 45.4 Å². The Labute approximate surface area is 202 Å². The minimum atomic E-state index is 0.680.